The van der Waals surface area contributed by atoms with E-state index in [2.05, 4.69) is 24.0 Å². The molecule has 22 heavy (non-hydrogen) atoms. The molecule has 0 aliphatic carbocycles. The highest BCUT2D eigenvalue weighted by atomic mass is 35.5. The number of nitrogens with zero attached hydrogens (tertiary/aromatic N) is 1. The van der Waals surface area contributed by atoms with Crippen LogP contribution in [0, 0.1) is 0 Å². The Hall–Kier alpha value is -0.870. The van der Waals surface area contributed by atoms with E-state index in [1.165, 1.54) is 5.56 Å². The van der Waals surface area contributed by atoms with Crippen molar-refractivity contribution in [1.29, 1.82) is 0 Å². The molecule has 2 rings (SSSR count). The Bertz CT molecular complexity index is 648. The molecule has 2 aromatic carbocycles. The summed E-state index contributed by atoms with van der Waals surface area (Å²) in [6, 6.07) is 15.6. The molecule has 2 atom stereocenters. The maximum absolute atomic E-state index is 12.4. The average molecular weight is 356 g/mol. The number of rotatable bonds is 6. The van der Waals surface area contributed by atoms with Crippen LogP contribution in [0.1, 0.15) is 18.5 Å². The summed E-state index contributed by atoms with van der Waals surface area (Å²) in [5.74, 6) is 0.522. The van der Waals surface area contributed by atoms with E-state index < -0.39 is 10.8 Å². The monoisotopic (exact) mass is 355 g/mol. The first-order chi connectivity index (χ1) is 10.5. The van der Waals surface area contributed by atoms with Gasteiger partial charge in [-0.3, -0.25) is 9.11 Å². The van der Waals surface area contributed by atoms with Crippen LogP contribution in [0.15, 0.2) is 53.4 Å². The smallest absolute Gasteiger partial charge is 0.0589 e. The minimum atomic E-state index is -1.16. The fourth-order valence-electron chi connectivity index (χ4n) is 2.17. The van der Waals surface area contributed by atoms with Crippen molar-refractivity contribution in [3.05, 3.63) is 64.1 Å². The lowest BCUT2D eigenvalue weighted by molar-refractivity contribution is 0.277. The highest BCUT2D eigenvalue weighted by molar-refractivity contribution is 7.85. The topological polar surface area (TPSA) is 20.3 Å². The molecule has 0 aliphatic heterocycles. The van der Waals surface area contributed by atoms with Crippen LogP contribution in [0.2, 0.25) is 10.0 Å². The van der Waals surface area contributed by atoms with Gasteiger partial charge < -0.3 is 0 Å². The average Bonchev–Trinajstić information content (AvgIpc) is 2.54. The second kappa shape index (κ2) is 8.11. The van der Waals surface area contributed by atoms with E-state index in [-0.39, 0.29) is 6.04 Å². The van der Waals surface area contributed by atoms with Gasteiger partial charge in [-0.15, -0.1) is 0 Å². The van der Waals surface area contributed by atoms with E-state index in [9.17, 15) is 4.21 Å². The Kier molecular flexibility index (Phi) is 6.45. The maximum Gasteiger partial charge on any atom is 0.0589 e. The second-order valence-corrected chi connectivity index (χ2v) is 7.57. The van der Waals surface area contributed by atoms with Crippen LogP contribution in [0.25, 0.3) is 0 Å². The number of hydrogen-bond acceptors (Lipinski definition) is 2. The van der Waals surface area contributed by atoms with Gasteiger partial charge in [0.15, 0.2) is 0 Å². The van der Waals surface area contributed by atoms with Crippen molar-refractivity contribution in [2.75, 3.05) is 19.3 Å². The first kappa shape index (κ1) is 17.5. The summed E-state index contributed by atoms with van der Waals surface area (Å²) in [5, 5.41) is 1.06. The Morgan fingerprint density at radius 1 is 1.14 bits per heavy atom. The first-order valence-electron chi connectivity index (χ1n) is 7.07. The summed E-state index contributed by atoms with van der Waals surface area (Å²) >= 11 is 12.1. The quantitative estimate of drug-likeness (QED) is 0.741. The normalized spacial score (nSPS) is 14.0. The SMILES string of the molecule is C[C@@H](c1ccccc1)N(C)CC[S@@](=O)c1cc(Cl)ccc1Cl. The summed E-state index contributed by atoms with van der Waals surface area (Å²) in [6.45, 7) is 2.86. The Morgan fingerprint density at radius 2 is 1.82 bits per heavy atom. The van der Waals surface area contributed by atoms with E-state index >= 15 is 0 Å². The third-order valence-electron chi connectivity index (χ3n) is 3.71. The molecule has 0 heterocycles. The van der Waals surface area contributed by atoms with Gasteiger partial charge in [-0.2, -0.15) is 0 Å². The summed E-state index contributed by atoms with van der Waals surface area (Å²) in [7, 11) is 0.879. The van der Waals surface area contributed by atoms with Crippen LogP contribution >= 0.6 is 23.2 Å². The molecule has 0 saturated carbocycles. The highest BCUT2D eigenvalue weighted by Gasteiger charge is 2.14. The van der Waals surface area contributed by atoms with Gasteiger partial charge in [0.25, 0.3) is 0 Å². The molecule has 0 spiro atoms. The largest absolute Gasteiger partial charge is 0.299 e. The third kappa shape index (κ3) is 4.56. The zero-order valence-electron chi connectivity index (χ0n) is 12.6. The number of hydrogen-bond donors (Lipinski definition) is 0. The summed E-state index contributed by atoms with van der Waals surface area (Å²) in [4.78, 5) is 2.79. The standard InChI is InChI=1S/C17H19Cl2NOS/c1-13(14-6-4-3-5-7-14)20(2)10-11-22(21)17-12-15(18)8-9-16(17)19/h3-9,12-13H,10-11H2,1-2H3/t13-,22+/m0/s1. The van der Waals surface area contributed by atoms with Crippen LogP contribution in [-0.4, -0.2) is 28.5 Å². The van der Waals surface area contributed by atoms with E-state index in [1.54, 1.807) is 18.2 Å². The van der Waals surface area contributed by atoms with Gasteiger partial charge in [-0.25, -0.2) is 0 Å². The van der Waals surface area contributed by atoms with Crippen molar-refractivity contribution in [3.8, 4) is 0 Å². The van der Waals surface area contributed by atoms with Gasteiger partial charge in [-0.1, -0.05) is 53.5 Å². The molecule has 0 bridgehead atoms. The molecule has 0 radical (unpaired) electrons. The van der Waals surface area contributed by atoms with Crippen LogP contribution in [0.3, 0.4) is 0 Å². The molecule has 0 unspecified atom stereocenters. The molecule has 0 amide bonds. The van der Waals surface area contributed by atoms with Crippen molar-refractivity contribution < 1.29 is 4.21 Å². The second-order valence-electron chi connectivity index (χ2n) is 5.19. The van der Waals surface area contributed by atoms with Gasteiger partial charge in [0.2, 0.25) is 0 Å². The molecule has 118 valence electrons. The summed E-state index contributed by atoms with van der Waals surface area (Å²) < 4.78 is 12.4. The molecule has 2 aromatic rings. The van der Waals surface area contributed by atoms with E-state index in [0.717, 1.165) is 0 Å². The summed E-state index contributed by atoms with van der Waals surface area (Å²) in [6.07, 6.45) is 0. The van der Waals surface area contributed by atoms with Crippen molar-refractivity contribution in [2.45, 2.75) is 17.9 Å². The lowest BCUT2D eigenvalue weighted by atomic mass is 10.1. The minimum absolute atomic E-state index is 0.271. The van der Waals surface area contributed by atoms with Crippen LogP contribution in [0.4, 0.5) is 0 Å². The Balaban J connectivity index is 1.97. The molecule has 2 nitrogen and oxygen atoms in total. The zero-order chi connectivity index (χ0) is 16.1. The van der Waals surface area contributed by atoms with Gasteiger partial charge in [-0.05, 0) is 37.7 Å². The van der Waals surface area contributed by atoms with Crippen LogP contribution in [-0.2, 0) is 10.8 Å². The lowest BCUT2D eigenvalue weighted by Crippen LogP contribution is -2.27. The molecular weight excluding hydrogens is 337 g/mol. The van der Waals surface area contributed by atoms with Gasteiger partial charge >= 0.3 is 0 Å². The number of benzene rings is 2. The zero-order valence-corrected chi connectivity index (χ0v) is 15.0. The van der Waals surface area contributed by atoms with Crippen molar-refractivity contribution >= 4 is 34.0 Å². The highest BCUT2D eigenvalue weighted by Crippen LogP contribution is 2.24. The predicted molar refractivity (Wildman–Crippen MR) is 95.2 cm³/mol. The first-order valence-corrected chi connectivity index (χ1v) is 9.15. The van der Waals surface area contributed by atoms with Gasteiger partial charge in [0.05, 0.1) is 20.7 Å². The molecular formula is C17H19Cl2NOS. The van der Waals surface area contributed by atoms with Crippen LogP contribution in [0.5, 0.6) is 0 Å². The lowest BCUT2D eigenvalue weighted by Gasteiger charge is -2.24. The van der Waals surface area contributed by atoms with E-state index in [0.29, 0.717) is 27.2 Å². The van der Waals surface area contributed by atoms with Gasteiger partial charge in [0.1, 0.15) is 0 Å². The predicted octanol–water partition coefficient (Wildman–Crippen LogP) is 4.79. The molecule has 0 aromatic heterocycles. The third-order valence-corrected chi connectivity index (χ3v) is 5.77. The van der Waals surface area contributed by atoms with Crippen LogP contribution < -0.4 is 0 Å². The number of halogens is 2. The maximum atomic E-state index is 12.4. The molecule has 0 N–H and O–H groups in total. The molecule has 0 saturated heterocycles. The molecule has 5 heteroatoms. The molecule has 0 aliphatic rings. The van der Waals surface area contributed by atoms with Gasteiger partial charge in [0, 0.05) is 23.4 Å². The van der Waals surface area contributed by atoms with Crippen molar-refractivity contribution in [1.82, 2.24) is 4.90 Å². The van der Waals surface area contributed by atoms with E-state index in [1.807, 2.05) is 25.2 Å². The summed E-state index contributed by atoms with van der Waals surface area (Å²) in [5.41, 5.74) is 1.25. The van der Waals surface area contributed by atoms with Crippen molar-refractivity contribution in [3.63, 3.8) is 0 Å². The minimum Gasteiger partial charge on any atom is -0.299 e. The Labute approximate surface area is 144 Å². The van der Waals surface area contributed by atoms with Crippen molar-refractivity contribution in [2.24, 2.45) is 0 Å². The fraction of sp³-hybridized carbons (Fsp3) is 0.294. The molecule has 0 fully saturated rings. The Morgan fingerprint density at radius 3 is 2.50 bits per heavy atom. The van der Waals surface area contributed by atoms with E-state index in [4.69, 9.17) is 23.2 Å². The fourth-order valence-corrected chi connectivity index (χ4v) is 4.00.